The number of rotatable bonds is 5. The van der Waals surface area contributed by atoms with Crippen LogP contribution in [-0.2, 0) is 16.6 Å². The van der Waals surface area contributed by atoms with Crippen LogP contribution in [0.1, 0.15) is 31.2 Å². The second kappa shape index (κ2) is 6.99. The fourth-order valence-corrected chi connectivity index (χ4v) is 3.95. The number of nitrogens with zero attached hydrogens (tertiary/aromatic N) is 2. The smallest absolute Gasteiger partial charge is 0.310 e. The first-order valence-electron chi connectivity index (χ1n) is 9.55. The number of carboxylic acids is 1. The highest BCUT2D eigenvalue weighted by Gasteiger charge is 2.45. The number of carboxylic acid groups (broad SMARTS) is 1. The van der Waals surface area contributed by atoms with Gasteiger partial charge in [0.25, 0.3) is 0 Å². The summed E-state index contributed by atoms with van der Waals surface area (Å²) in [6, 6.07) is 10.0. The van der Waals surface area contributed by atoms with Crippen molar-refractivity contribution >= 4 is 28.6 Å². The van der Waals surface area contributed by atoms with Crippen molar-refractivity contribution in [2.45, 2.75) is 32.6 Å². The number of hydrogen-bond donors (Lipinski definition) is 2. The summed E-state index contributed by atoms with van der Waals surface area (Å²) in [6.07, 6.45) is 1.91. The van der Waals surface area contributed by atoms with Crippen LogP contribution >= 0.6 is 0 Å². The van der Waals surface area contributed by atoms with Gasteiger partial charge in [0.1, 0.15) is 11.6 Å². The van der Waals surface area contributed by atoms with Gasteiger partial charge in [0, 0.05) is 30.8 Å². The van der Waals surface area contributed by atoms with Crippen molar-refractivity contribution < 1.29 is 19.1 Å². The van der Waals surface area contributed by atoms with Gasteiger partial charge in [-0.3, -0.25) is 9.59 Å². The predicted molar refractivity (Wildman–Crippen MR) is 108 cm³/mol. The zero-order valence-electron chi connectivity index (χ0n) is 16.3. The molecule has 7 heteroatoms. The summed E-state index contributed by atoms with van der Waals surface area (Å²) in [7, 11) is 1.87. The molecule has 0 atom stereocenters. The summed E-state index contributed by atoms with van der Waals surface area (Å²) >= 11 is 0. The fraction of sp³-hybridized carbons (Fsp3) is 0.318. The topological polar surface area (TPSA) is 84.2 Å². The number of halogens is 1. The number of nitrogens with one attached hydrogen (secondary N) is 1. The summed E-state index contributed by atoms with van der Waals surface area (Å²) in [5.41, 5.74) is 2.82. The molecular weight excluding hydrogens is 373 g/mol. The maximum absolute atomic E-state index is 13.5. The van der Waals surface area contributed by atoms with Crippen molar-refractivity contribution in [1.29, 1.82) is 0 Å². The second-order valence-electron chi connectivity index (χ2n) is 7.82. The van der Waals surface area contributed by atoms with Crippen LogP contribution in [0.4, 0.5) is 10.1 Å². The number of aliphatic carboxylic acids is 1. The molecule has 2 N–H and O–H groups in total. The number of hydrogen-bond acceptors (Lipinski definition) is 3. The molecule has 1 aliphatic carbocycles. The molecular formula is C22H22FN3O3. The normalized spacial score (nSPS) is 15.1. The maximum atomic E-state index is 13.5. The standard InChI is InChI=1S/C22H22FN3O3/c1-13-10-14(20-25-17-11-15(23)5-7-18(17)26(20)2)4-6-16(13)24-19(27)12-22(21(28)29)8-3-9-22/h4-7,10-11H,3,8-9,12H2,1-2H3,(H,24,27)(H,28,29). The first kappa shape index (κ1) is 19.1. The molecule has 0 saturated heterocycles. The van der Waals surface area contributed by atoms with Crippen molar-refractivity contribution in [3.63, 3.8) is 0 Å². The van der Waals surface area contributed by atoms with Crippen molar-refractivity contribution in [1.82, 2.24) is 9.55 Å². The first-order chi connectivity index (χ1) is 13.8. The summed E-state index contributed by atoms with van der Waals surface area (Å²) < 4.78 is 15.4. The molecule has 6 nitrogen and oxygen atoms in total. The van der Waals surface area contributed by atoms with Gasteiger partial charge >= 0.3 is 5.97 Å². The van der Waals surface area contributed by atoms with Crippen molar-refractivity contribution in [2.75, 3.05) is 5.32 Å². The highest BCUT2D eigenvalue weighted by atomic mass is 19.1. The number of anilines is 1. The molecule has 2 aromatic carbocycles. The van der Waals surface area contributed by atoms with E-state index in [1.807, 2.05) is 30.7 Å². The summed E-state index contributed by atoms with van der Waals surface area (Å²) in [5.74, 6) is -0.821. The van der Waals surface area contributed by atoms with Gasteiger partial charge in [0.2, 0.25) is 5.91 Å². The fourth-order valence-electron chi connectivity index (χ4n) is 3.95. The largest absolute Gasteiger partial charge is 0.481 e. The van der Waals surface area contributed by atoms with Crippen LogP contribution in [0.2, 0.25) is 0 Å². The van der Waals surface area contributed by atoms with Crippen LogP contribution in [0.5, 0.6) is 0 Å². The lowest BCUT2D eigenvalue weighted by atomic mass is 9.66. The lowest BCUT2D eigenvalue weighted by Gasteiger charge is -2.36. The number of fused-ring (bicyclic) bond motifs is 1. The number of carbonyl (C=O) groups excluding carboxylic acids is 1. The van der Waals surface area contributed by atoms with E-state index in [4.69, 9.17) is 0 Å². The Hall–Kier alpha value is -3.22. The van der Waals surface area contributed by atoms with Crippen LogP contribution < -0.4 is 5.32 Å². The van der Waals surface area contributed by atoms with E-state index in [1.54, 1.807) is 12.1 Å². The minimum absolute atomic E-state index is 0.0140. The van der Waals surface area contributed by atoms with E-state index in [2.05, 4.69) is 10.3 Å². The van der Waals surface area contributed by atoms with E-state index in [0.29, 0.717) is 29.9 Å². The molecule has 0 spiro atoms. The molecule has 1 aliphatic rings. The molecule has 3 aromatic rings. The van der Waals surface area contributed by atoms with E-state index >= 15 is 0 Å². The van der Waals surface area contributed by atoms with Gasteiger partial charge in [-0.2, -0.15) is 0 Å². The van der Waals surface area contributed by atoms with Gasteiger partial charge in [-0.15, -0.1) is 0 Å². The van der Waals surface area contributed by atoms with E-state index in [9.17, 15) is 19.1 Å². The first-order valence-corrected chi connectivity index (χ1v) is 9.55. The number of aromatic nitrogens is 2. The quantitative estimate of drug-likeness (QED) is 0.676. The Kier molecular flexibility index (Phi) is 4.61. The highest BCUT2D eigenvalue weighted by Crippen LogP contribution is 2.44. The molecule has 1 heterocycles. The van der Waals surface area contributed by atoms with Crippen LogP contribution in [0, 0.1) is 18.2 Å². The second-order valence-corrected chi connectivity index (χ2v) is 7.82. The SMILES string of the molecule is Cc1cc(-c2nc3cc(F)ccc3n2C)ccc1NC(=O)CC1(C(=O)O)CCC1. The Morgan fingerprint density at radius 3 is 2.62 bits per heavy atom. The Morgan fingerprint density at radius 2 is 2.00 bits per heavy atom. The van der Waals surface area contributed by atoms with Crippen molar-refractivity contribution in [3.8, 4) is 11.4 Å². The third-order valence-electron chi connectivity index (χ3n) is 5.86. The minimum Gasteiger partial charge on any atom is -0.481 e. The summed E-state index contributed by atoms with van der Waals surface area (Å²) in [4.78, 5) is 28.4. The summed E-state index contributed by atoms with van der Waals surface area (Å²) in [6.45, 7) is 1.87. The number of amides is 1. The van der Waals surface area contributed by atoms with Crippen LogP contribution in [0.25, 0.3) is 22.4 Å². The van der Waals surface area contributed by atoms with E-state index in [-0.39, 0.29) is 18.1 Å². The minimum atomic E-state index is -0.916. The third-order valence-corrected chi connectivity index (χ3v) is 5.86. The Balaban J connectivity index is 1.56. The van der Waals surface area contributed by atoms with Gasteiger partial charge in [-0.25, -0.2) is 9.37 Å². The third kappa shape index (κ3) is 3.37. The molecule has 1 aromatic heterocycles. The van der Waals surface area contributed by atoms with Crippen molar-refractivity contribution in [2.24, 2.45) is 12.5 Å². The lowest BCUT2D eigenvalue weighted by molar-refractivity contribution is -0.157. The maximum Gasteiger partial charge on any atom is 0.310 e. The van der Waals surface area contributed by atoms with E-state index in [0.717, 1.165) is 23.1 Å². The number of aryl methyl sites for hydroxylation is 2. The van der Waals surface area contributed by atoms with Gasteiger partial charge in [0.05, 0.1) is 16.4 Å². The number of benzene rings is 2. The summed E-state index contributed by atoms with van der Waals surface area (Å²) in [5, 5.41) is 12.2. The zero-order chi connectivity index (χ0) is 20.8. The van der Waals surface area contributed by atoms with E-state index < -0.39 is 11.4 Å². The lowest BCUT2D eigenvalue weighted by Crippen LogP contribution is -2.41. The molecule has 1 amide bonds. The average molecular weight is 395 g/mol. The zero-order valence-corrected chi connectivity index (χ0v) is 16.3. The predicted octanol–water partition coefficient (Wildman–Crippen LogP) is 4.27. The Bertz CT molecular complexity index is 1130. The van der Waals surface area contributed by atoms with Gasteiger partial charge in [0.15, 0.2) is 0 Å². The Labute approximate surface area is 167 Å². The molecule has 0 radical (unpaired) electrons. The van der Waals surface area contributed by atoms with Crippen molar-refractivity contribution in [3.05, 3.63) is 47.8 Å². The van der Waals surface area contributed by atoms with Crippen LogP contribution in [0.3, 0.4) is 0 Å². The molecule has 150 valence electrons. The number of carbonyl (C=O) groups is 2. The van der Waals surface area contributed by atoms with Crippen LogP contribution in [0.15, 0.2) is 36.4 Å². The molecule has 0 unspecified atom stereocenters. The average Bonchev–Trinajstić information content (AvgIpc) is 2.95. The molecule has 1 saturated carbocycles. The van der Waals surface area contributed by atoms with Crippen LogP contribution in [-0.4, -0.2) is 26.5 Å². The van der Waals surface area contributed by atoms with Gasteiger partial charge in [-0.05, 0) is 55.7 Å². The Morgan fingerprint density at radius 1 is 1.24 bits per heavy atom. The number of imidazole rings is 1. The molecule has 0 aliphatic heterocycles. The molecule has 1 fully saturated rings. The van der Waals surface area contributed by atoms with Gasteiger partial charge < -0.3 is 15.0 Å². The highest BCUT2D eigenvalue weighted by molar-refractivity contribution is 5.95. The molecule has 29 heavy (non-hydrogen) atoms. The monoisotopic (exact) mass is 395 g/mol. The molecule has 4 rings (SSSR count). The van der Waals surface area contributed by atoms with E-state index in [1.165, 1.54) is 12.1 Å². The van der Waals surface area contributed by atoms with Gasteiger partial charge in [-0.1, -0.05) is 6.42 Å². The molecule has 0 bridgehead atoms.